The molecule has 2 rings (SSSR count). The van der Waals surface area contributed by atoms with Crippen LogP contribution in [0.4, 0.5) is 0 Å². The van der Waals surface area contributed by atoms with Crippen molar-refractivity contribution in [1.82, 2.24) is 0 Å². The fourth-order valence-corrected chi connectivity index (χ4v) is 4.68. The summed E-state index contributed by atoms with van der Waals surface area (Å²) in [5.41, 5.74) is 2.60. The molecule has 0 nitrogen and oxygen atoms in total. The molecular formula is C12H8Br4. The molecule has 0 aliphatic rings. The molecule has 0 spiro atoms. The van der Waals surface area contributed by atoms with E-state index >= 15 is 0 Å². The molecule has 0 aliphatic heterocycles. The molecule has 0 bridgehead atoms. The van der Waals surface area contributed by atoms with E-state index in [2.05, 4.69) is 88.0 Å². The van der Waals surface area contributed by atoms with Gasteiger partial charge in [-0.25, -0.2) is 0 Å². The van der Waals surface area contributed by atoms with Crippen LogP contribution >= 0.6 is 63.7 Å². The number of hydrogen-bond acceptors (Lipinski definition) is 0. The SMILES string of the molecule is BrCc1c(Br)ccc2c(CBr)c(Br)ccc12. The molecule has 0 saturated carbocycles. The summed E-state index contributed by atoms with van der Waals surface area (Å²) in [6, 6.07) is 8.54. The van der Waals surface area contributed by atoms with Crippen molar-refractivity contribution in [3.63, 3.8) is 0 Å². The zero-order chi connectivity index (χ0) is 11.7. The number of rotatable bonds is 2. The highest BCUT2D eigenvalue weighted by Crippen LogP contribution is 2.34. The molecule has 0 aromatic heterocycles. The summed E-state index contributed by atoms with van der Waals surface area (Å²) >= 11 is 14.3. The van der Waals surface area contributed by atoms with Crippen molar-refractivity contribution >= 4 is 74.5 Å². The van der Waals surface area contributed by atoms with Crippen LogP contribution in [0.3, 0.4) is 0 Å². The summed E-state index contributed by atoms with van der Waals surface area (Å²) < 4.78 is 2.31. The summed E-state index contributed by atoms with van der Waals surface area (Å²) in [4.78, 5) is 0. The molecule has 0 unspecified atom stereocenters. The van der Waals surface area contributed by atoms with Gasteiger partial charge < -0.3 is 0 Å². The largest absolute Gasteiger partial charge is 0.0876 e. The maximum absolute atomic E-state index is 3.59. The lowest BCUT2D eigenvalue weighted by Gasteiger charge is -2.11. The summed E-state index contributed by atoms with van der Waals surface area (Å²) in [6.45, 7) is 0. The van der Waals surface area contributed by atoms with Crippen LogP contribution in [0.1, 0.15) is 11.1 Å². The van der Waals surface area contributed by atoms with Crippen LogP contribution < -0.4 is 0 Å². The minimum atomic E-state index is 0.855. The predicted octanol–water partition coefficient (Wildman–Crippen LogP) is 6.15. The summed E-state index contributed by atoms with van der Waals surface area (Å²) in [5, 5.41) is 4.30. The van der Waals surface area contributed by atoms with Crippen molar-refractivity contribution in [2.24, 2.45) is 0 Å². The molecule has 0 heterocycles. The Kier molecular flexibility index (Phi) is 4.50. The molecule has 0 N–H and O–H groups in total. The molecule has 84 valence electrons. The van der Waals surface area contributed by atoms with Crippen LogP contribution in [0, 0.1) is 0 Å². The highest BCUT2D eigenvalue weighted by Gasteiger charge is 2.09. The van der Waals surface area contributed by atoms with Crippen LogP contribution in [0.15, 0.2) is 33.2 Å². The third-order valence-corrected chi connectivity index (χ3v) is 5.18. The zero-order valence-electron chi connectivity index (χ0n) is 8.24. The maximum atomic E-state index is 3.59. The van der Waals surface area contributed by atoms with E-state index in [4.69, 9.17) is 0 Å². The molecule has 0 amide bonds. The van der Waals surface area contributed by atoms with Crippen molar-refractivity contribution in [3.8, 4) is 0 Å². The van der Waals surface area contributed by atoms with Crippen molar-refractivity contribution in [3.05, 3.63) is 44.3 Å². The van der Waals surface area contributed by atoms with E-state index < -0.39 is 0 Å². The Morgan fingerprint density at radius 1 is 0.688 bits per heavy atom. The first-order chi connectivity index (χ1) is 7.69. The van der Waals surface area contributed by atoms with Crippen molar-refractivity contribution in [2.45, 2.75) is 10.7 Å². The standard InChI is InChI=1S/C12H8Br4/c13-5-9-7-1-3-11(15)10(6-14)8(7)2-4-12(9)16/h1-4H,5-6H2. The Labute approximate surface area is 128 Å². The molecule has 4 heteroatoms. The van der Waals surface area contributed by atoms with E-state index in [-0.39, 0.29) is 0 Å². The number of benzene rings is 2. The van der Waals surface area contributed by atoms with Gasteiger partial charge in [-0.1, -0.05) is 75.9 Å². The lowest BCUT2D eigenvalue weighted by Crippen LogP contribution is -1.89. The first-order valence-corrected chi connectivity index (χ1v) is 8.52. The van der Waals surface area contributed by atoms with Gasteiger partial charge in [0.1, 0.15) is 0 Å². The Morgan fingerprint density at radius 3 is 1.38 bits per heavy atom. The summed E-state index contributed by atoms with van der Waals surface area (Å²) in [7, 11) is 0. The molecule has 0 fully saturated rings. The molecule has 2 aromatic rings. The number of hydrogen-bond donors (Lipinski definition) is 0. The number of halogens is 4. The van der Waals surface area contributed by atoms with E-state index in [1.807, 2.05) is 0 Å². The highest BCUT2D eigenvalue weighted by molar-refractivity contribution is 9.11. The summed E-state index contributed by atoms with van der Waals surface area (Å²) in [6.07, 6.45) is 0. The smallest absolute Gasteiger partial charge is 0.0300 e. The molecule has 0 radical (unpaired) electrons. The van der Waals surface area contributed by atoms with E-state index in [1.54, 1.807) is 0 Å². The minimum absolute atomic E-state index is 0.855. The topological polar surface area (TPSA) is 0 Å². The molecule has 0 saturated heterocycles. The second-order valence-electron chi connectivity index (χ2n) is 3.41. The monoisotopic (exact) mass is 468 g/mol. The normalized spacial score (nSPS) is 11.0. The van der Waals surface area contributed by atoms with E-state index in [9.17, 15) is 0 Å². The van der Waals surface area contributed by atoms with Gasteiger partial charge in [0.25, 0.3) is 0 Å². The van der Waals surface area contributed by atoms with Gasteiger partial charge in [0, 0.05) is 19.6 Å². The lowest BCUT2D eigenvalue weighted by atomic mass is 10.0. The Balaban J connectivity index is 2.87. The third kappa shape index (κ3) is 2.26. The Bertz CT molecular complexity index is 485. The molecule has 0 aliphatic carbocycles. The van der Waals surface area contributed by atoms with Crippen molar-refractivity contribution < 1.29 is 0 Å². The van der Waals surface area contributed by atoms with Gasteiger partial charge in [0.2, 0.25) is 0 Å². The molecule has 2 aromatic carbocycles. The van der Waals surface area contributed by atoms with Gasteiger partial charge in [-0.05, 0) is 34.0 Å². The van der Waals surface area contributed by atoms with Gasteiger partial charge >= 0.3 is 0 Å². The van der Waals surface area contributed by atoms with Gasteiger partial charge in [0.15, 0.2) is 0 Å². The minimum Gasteiger partial charge on any atom is -0.0876 e. The van der Waals surface area contributed by atoms with Gasteiger partial charge in [-0.2, -0.15) is 0 Å². The molecular weight excluding hydrogens is 464 g/mol. The fourth-order valence-electron chi connectivity index (χ4n) is 1.75. The predicted molar refractivity (Wildman–Crippen MR) is 84.6 cm³/mol. The maximum Gasteiger partial charge on any atom is 0.0300 e. The first-order valence-electron chi connectivity index (χ1n) is 4.69. The molecule has 16 heavy (non-hydrogen) atoms. The van der Waals surface area contributed by atoms with Gasteiger partial charge in [0.05, 0.1) is 0 Å². The summed E-state index contributed by atoms with van der Waals surface area (Å²) in [5.74, 6) is 0. The molecule has 0 atom stereocenters. The Morgan fingerprint density at radius 2 is 1.06 bits per heavy atom. The number of alkyl halides is 2. The van der Waals surface area contributed by atoms with Crippen LogP contribution in [0.5, 0.6) is 0 Å². The van der Waals surface area contributed by atoms with E-state index in [0.29, 0.717) is 0 Å². The van der Waals surface area contributed by atoms with Crippen LogP contribution in [0.25, 0.3) is 10.8 Å². The highest BCUT2D eigenvalue weighted by atomic mass is 79.9. The van der Waals surface area contributed by atoms with Crippen molar-refractivity contribution in [2.75, 3.05) is 0 Å². The van der Waals surface area contributed by atoms with Crippen molar-refractivity contribution in [1.29, 1.82) is 0 Å². The average Bonchev–Trinajstić information content (AvgIpc) is 2.29. The van der Waals surface area contributed by atoms with Crippen LogP contribution in [-0.2, 0) is 10.7 Å². The average molecular weight is 472 g/mol. The zero-order valence-corrected chi connectivity index (χ0v) is 14.6. The third-order valence-electron chi connectivity index (χ3n) is 2.58. The van der Waals surface area contributed by atoms with Gasteiger partial charge in [-0.15, -0.1) is 0 Å². The van der Waals surface area contributed by atoms with E-state index in [0.717, 1.165) is 19.6 Å². The quantitative estimate of drug-likeness (QED) is 0.461. The second kappa shape index (κ2) is 5.51. The Hall–Kier alpha value is 0.620. The van der Waals surface area contributed by atoms with Crippen LogP contribution in [0.2, 0.25) is 0 Å². The lowest BCUT2D eigenvalue weighted by molar-refractivity contribution is 1.40. The first kappa shape index (κ1) is 13.1. The van der Waals surface area contributed by atoms with Crippen LogP contribution in [-0.4, -0.2) is 0 Å². The fraction of sp³-hybridized carbons (Fsp3) is 0.167. The number of fused-ring (bicyclic) bond motifs is 1. The van der Waals surface area contributed by atoms with E-state index in [1.165, 1.54) is 21.9 Å². The second-order valence-corrected chi connectivity index (χ2v) is 6.24. The van der Waals surface area contributed by atoms with Gasteiger partial charge in [-0.3, -0.25) is 0 Å².